The van der Waals surface area contributed by atoms with Crippen molar-refractivity contribution in [1.82, 2.24) is 10.1 Å². The summed E-state index contributed by atoms with van der Waals surface area (Å²) in [6.07, 6.45) is -3.55. The highest BCUT2D eigenvalue weighted by molar-refractivity contribution is 5.08. The van der Waals surface area contributed by atoms with Crippen LogP contribution < -0.4 is 5.73 Å². The maximum atomic E-state index is 12.4. The molecule has 0 aliphatic carbocycles. The second-order valence-corrected chi connectivity index (χ2v) is 4.38. The van der Waals surface area contributed by atoms with Crippen LogP contribution in [0.2, 0.25) is 0 Å². The normalized spacial score (nSPS) is 24.2. The van der Waals surface area contributed by atoms with Gasteiger partial charge in [0.05, 0.1) is 12.1 Å². The predicted octanol–water partition coefficient (Wildman–Crippen LogP) is 1.69. The molecule has 1 aliphatic rings. The summed E-state index contributed by atoms with van der Waals surface area (Å²) in [5, 5.41) is 3.38. The molecule has 5 nitrogen and oxygen atoms in total. The van der Waals surface area contributed by atoms with Gasteiger partial charge < -0.3 is 15.0 Å². The van der Waals surface area contributed by atoms with Crippen LogP contribution in [0.3, 0.4) is 0 Å². The fourth-order valence-electron chi connectivity index (χ4n) is 2.10. The third-order valence-corrected chi connectivity index (χ3v) is 3.33. The van der Waals surface area contributed by atoms with Crippen LogP contribution in [0, 0.1) is 5.92 Å². The Morgan fingerprint density at radius 2 is 2.17 bits per heavy atom. The number of hydrogen-bond donors (Lipinski definition) is 1. The third kappa shape index (κ3) is 2.22. The Kier molecular flexibility index (Phi) is 3.33. The molecule has 1 fully saturated rings. The average Bonchev–Trinajstić information content (AvgIpc) is 2.97. The molecule has 8 heteroatoms. The predicted molar refractivity (Wildman–Crippen MR) is 54.4 cm³/mol. The maximum Gasteiger partial charge on any atom is 0.471 e. The second-order valence-electron chi connectivity index (χ2n) is 4.38. The Morgan fingerprint density at radius 3 is 2.61 bits per heavy atom. The first-order chi connectivity index (χ1) is 8.38. The highest BCUT2D eigenvalue weighted by Gasteiger charge is 2.45. The minimum Gasteiger partial charge on any atom is -0.381 e. The van der Waals surface area contributed by atoms with Crippen molar-refractivity contribution in [3.63, 3.8) is 0 Å². The summed E-state index contributed by atoms with van der Waals surface area (Å²) in [6.45, 7) is 2.73. The summed E-state index contributed by atoms with van der Waals surface area (Å²) in [5.41, 5.74) is 5.11. The van der Waals surface area contributed by atoms with Gasteiger partial charge in [0.15, 0.2) is 5.82 Å². The zero-order chi connectivity index (χ0) is 13.4. The van der Waals surface area contributed by atoms with Gasteiger partial charge in [-0.3, -0.25) is 0 Å². The van der Waals surface area contributed by atoms with E-state index in [0.717, 1.165) is 0 Å². The van der Waals surface area contributed by atoms with Gasteiger partial charge in [0.1, 0.15) is 0 Å². The highest BCUT2D eigenvalue weighted by atomic mass is 19.4. The van der Waals surface area contributed by atoms with Crippen molar-refractivity contribution >= 4 is 0 Å². The van der Waals surface area contributed by atoms with Gasteiger partial charge >= 0.3 is 12.1 Å². The fourth-order valence-corrected chi connectivity index (χ4v) is 2.10. The Hall–Kier alpha value is -1.15. The van der Waals surface area contributed by atoms with E-state index >= 15 is 0 Å². The van der Waals surface area contributed by atoms with E-state index in [1.165, 1.54) is 0 Å². The van der Waals surface area contributed by atoms with Gasteiger partial charge in [-0.15, -0.1) is 0 Å². The van der Waals surface area contributed by atoms with E-state index in [2.05, 4.69) is 14.7 Å². The van der Waals surface area contributed by atoms with Crippen LogP contribution in [0.5, 0.6) is 0 Å². The van der Waals surface area contributed by atoms with Crippen molar-refractivity contribution in [2.75, 3.05) is 13.2 Å². The fraction of sp³-hybridized carbons (Fsp3) is 0.800. The summed E-state index contributed by atoms with van der Waals surface area (Å²) in [7, 11) is 0. The third-order valence-electron chi connectivity index (χ3n) is 3.33. The van der Waals surface area contributed by atoms with Gasteiger partial charge in [0.25, 0.3) is 0 Å². The molecule has 0 amide bonds. The van der Waals surface area contributed by atoms with Gasteiger partial charge in [-0.2, -0.15) is 18.2 Å². The molecule has 1 aromatic rings. The van der Waals surface area contributed by atoms with E-state index in [4.69, 9.17) is 10.5 Å². The Labute approximate surface area is 101 Å². The van der Waals surface area contributed by atoms with E-state index in [0.29, 0.717) is 26.1 Å². The smallest absolute Gasteiger partial charge is 0.381 e. The molecule has 2 heterocycles. The number of hydrogen-bond acceptors (Lipinski definition) is 5. The summed E-state index contributed by atoms with van der Waals surface area (Å²) >= 11 is 0. The molecule has 2 N–H and O–H groups in total. The SMILES string of the molecule is CCC(N)(c1noc(C(F)(F)F)n1)C1CCOC1. The summed E-state index contributed by atoms with van der Waals surface area (Å²) in [4.78, 5) is 3.39. The molecule has 2 unspecified atom stereocenters. The van der Waals surface area contributed by atoms with Crippen LogP contribution in [-0.2, 0) is 16.5 Å². The topological polar surface area (TPSA) is 74.2 Å². The molecular formula is C10H14F3N3O2. The zero-order valence-corrected chi connectivity index (χ0v) is 9.83. The molecule has 1 saturated heterocycles. The average molecular weight is 265 g/mol. The summed E-state index contributed by atoms with van der Waals surface area (Å²) in [6, 6.07) is 0. The molecule has 18 heavy (non-hydrogen) atoms. The second kappa shape index (κ2) is 4.51. The van der Waals surface area contributed by atoms with Crippen LogP contribution in [0.1, 0.15) is 31.5 Å². The minimum absolute atomic E-state index is 0.0961. The molecule has 2 rings (SSSR count). The molecule has 0 aromatic carbocycles. The largest absolute Gasteiger partial charge is 0.471 e. The van der Waals surface area contributed by atoms with Gasteiger partial charge in [0.2, 0.25) is 0 Å². The number of aromatic nitrogens is 2. The maximum absolute atomic E-state index is 12.4. The lowest BCUT2D eigenvalue weighted by molar-refractivity contribution is -0.159. The first-order valence-electron chi connectivity index (χ1n) is 5.66. The van der Waals surface area contributed by atoms with Crippen molar-refractivity contribution < 1.29 is 22.4 Å². The molecule has 0 radical (unpaired) electrons. The lowest BCUT2D eigenvalue weighted by Gasteiger charge is -2.30. The van der Waals surface area contributed by atoms with E-state index in [-0.39, 0.29) is 11.7 Å². The van der Waals surface area contributed by atoms with Crippen molar-refractivity contribution in [2.24, 2.45) is 11.7 Å². The van der Waals surface area contributed by atoms with Gasteiger partial charge in [-0.25, -0.2) is 0 Å². The minimum atomic E-state index is -4.65. The van der Waals surface area contributed by atoms with Gasteiger partial charge in [0, 0.05) is 12.5 Å². The Balaban J connectivity index is 2.29. The highest BCUT2D eigenvalue weighted by Crippen LogP contribution is 2.36. The molecular weight excluding hydrogens is 251 g/mol. The monoisotopic (exact) mass is 265 g/mol. The van der Waals surface area contributed by atoms with Gasteiger partial charge in [-0.1, -0.05) is 12.1 Å². The summed E-state index contributed by atoms with van der Waals surface area (Å²) in [5.74, 6) is -1.56. The molecule has 0 spiro atoms. The van der Waals surface area contributed by atoms with E-state index in [1.54, 1.807) is 6.92 Å². The van der Waals surface area contributed by atoms with E-state index < -0.39 is 17.6 Å². The molecule has 2 atom stereocenters. The molecule has 1 aliphatic heterocycles. The van der Waals surface area contributed by atoms with Crippen molar-refractivity contribution in [1.29, 1.82) is 0 Å². The van der Waals surface area contributed by atoms with Crippen molar-refractivity contribution in [3.05, 3.63) is 11.7 Å². The number of halogens is 3. The quantitative estimate of drug-likeness (QED) is 0.900. The van der Waals surface area contributed by atoms with E-state index in [1.807, 2.05) is 0 Å². The van der Waals surface area contributed by atoms with Crippen molar-refractivity contribution in [3.8, 4) is 0 Å². The number of nitrogens with zero attached hydrogens (tertiary/aromatic N) is 2. The molecule has 1 aromatic heterocycles. The number of ether oxygens (including phenoxy) is 1. The first-order valence-corrected chi connectivity index (χ1v) is 5.66. The van der Waals surface area contributed by atoms with Crippen molar-refractivity contribution in [2.45, 2.75) is 31.5 Å². The van der Waals surface area contributed by atoms with Crippen LogP contribution in [0.15, 0.2) is 4.52 Å². The number of rotatable bonds is 3. The standard InChI is InChI=1S/C10H14F3N3O2/c1-2-9(14,6-3-4-17-5-6)7-15-8(18-16-7)10(11,12)13/h6H,2-5,14H2,1H3. The van der Waals surface area contributed by atoms with Crippen LogP contribution in [-0.4, -0.2) is 23.4 Å². The lowest BCUT2D eigenvalue weighted by atomic mass is 9.81. The molecule has 0 bridgehead atoms. The molecule has 0 saturated carbocycles. The Morgan fingerprint density at radius 1 is 1.44 bits per heavy atom. The first kappa shape index (κ1) is 13.3. The molecule has 102 valence electrons. The van der Waals surface area contributed by atoms with Gasteiger partial charge in [-0.05, 0) is 12.8 Å². The van der Waals surface area contributed by atoms with Crippen LogP contribution in [0.4, 0.5) is 13.2 Å². The summed E-state index contributed by atoms with van der Waals surface area (Å²) < 4.78 is 46.7. The van der Waals surface area contributed by atoms with E-state index in [9.17, 15) is 13.2 Å². The lowest BCUT2D eigenvalue weighted by Crippen LogP contribution is -2.45. The van der Waals surface area contributed by atoms with Crippen LogP contribution >= 0.6 is 0 Å². The van der Waals surface area contributed by atoms with Crippen LogP contribution in [0.25, 0.3) is 0 Å². The zero-order valence-electron chi connectivity index (χ0n) is 9.83. The number of nitrogens with two attached hydrogens (primary N) is 1. The Bertz CT molecular complexity index is 415. The number of alkyl halides is 3.